The van der Waals surface area contributed by atoms with Gasteiger partial charge in [0.2, 0.25) is 0 Å². The fourth-order valence-electron chi connectivity index (χ4n) is 4.91. The average Bonchev–Trinajstić information content (AvgIpc) is 3.53. The van der Waals surface area contributed by atoms with Crippen molar-refractivity contribution in [3.05, 3.63) is 113 Å². The van der Waals surface area contributed by atoms with E-state index in [0.29, 0.717) is 41.4 Å². The standard InChI is InChI=1S/C35H41F2N7/c1-6-8-33(42-24(4)28-13-14-30(36)31(37)19-28)35(43-29(20-38)22-40-5)17-25-9-11-27(12-10-25)32(7-2)44-34(23(3)39)18-26-15-16-41-21-26/h7-14,19,22,24,26,41-42H,3,5-6,15-18,21,39H2,1-2,4H3/b29-22-,32-7-,33-8?,43-35?,44-34?. The van der Waals surface area contributed by atoms with Crippen LogP contribution in [0.1, 0.15) is 62.8 Å². The molecule has 0 aromatic heterocycles. The first-order chi connectivity index (χ1) is 21.2. The molecule has 2 aromatic carbocycles. The van der Waals surface area contributed by atoms with E-state index in [1.54, 1.807) is 0 Å². The van der Waals surface area contributed by atoms with Gasteiger partial charge in [-0.05, 0) is 87.7 Å². The number of hydrogen-bond acceptors (Lipinski definition) is 7. The first-order valence-electron chi connectivity index (χ1n) is 14.7. The summed E-state index contributed by atoms with van der Waals surface area (Å²) in [5.74, 6) is -1.33. The molecule has 0 saturated carbocycles. The van der Waals surface area contributed by atoms with Crippen LogP contribution in [0.15, 0.2) is 99.5 Å². The Bertz CT molecular complexity index is 1520. The van der Waals surface area contributed by atoms with Crippen molar-refractivity contribution in [3.63, 3.8) is 0 Å². The summed E-state index contributed by atoms with van der Waals surface area (Å²) in [5, 5.41) is 16.4. The van der Waals surface area contributed by atoms with Gasteiger partial charge in [-0.15, -0.1) is 0 Å². The van der Waals surface area contributed by atoms with Crippen molar-refractivity contribution in [2.75, 3.05) is 13.1 Å². The molecule has 1 aliphatic rings. The Balaban J connectivity index is 1.91. The summed E-state index contributed by atoms with van der Waals surface area (Å²) in [4.78, 5) is 13.2. The zero-order valence-corrected chi connectivity index (χ0v) is 25.7. The highest BCUT2D eigenvalue weighted by Crippen LogP contribution is 2.23. The molecule has 9 heteroatoms. The predicted molar refractivity (Wildman–Crippen MR) is 177 cm³/mol. The van der Waals surface area contributed by atoms with Gasteiger partial charge in [0.1, 0.15) is 6.07 Å². The summed E-state index contributed by atoms with van der Waals surface area (Å²) < 4.78 is 27.5. The molecular weight excluding hydrogens is 556 g/mol. The number of halogens is 2. The third-order valence-corrected chi connectivity index (χ3v) is 7.28. The first kappa shape index (κ1) is 33.8. The minimum atomic E-state index is -0.916. The number of benzene rings is 2. The van der Waals surface area contributed by atoms with Gasteiger partial charge in [-0.2, -0.15) is 5.26 Å². The Morgan fingerprint density at radius 3 is 2.50 bits per heavy atom. The smallest absolute Gasteiger partial charge is 0.159 e. The lowest BCUT2D eigenvalue weighted by Gasteiger charge is -2.20. The SMILES string of the molecule is C=N/C=C(/C#N)N=C(Cc1ccc(/C(=C/C)N=C(CC2CCNC2)C(=C)N)cc1)C(=CCC)NC(C)c1ccc(F)c(F)c1. The summed E-state index contributed by atoms with van der Waals surface area (Å²) in [6, 6.07) is 13.5. The van der Waals surface area contributed by atoms with Crippen molar-refractivity contribution in [1.29, 1.82) is 5.26 Å². The van der Waals surface area contributed by atoms with E-state index >= 15 is 0 Å². The van der Waals surface area contributed by atoms with Crippen LogP contribution in [0.4, 0.5) is 8.78 Å². The van der Waals surface area contributed by atoms with Crippen molar-refractivity contribution in [1.82, 2.24) is 10.6 Å². The number of nitrogens with two attached hydrogens (primary N) is 1. The van der Waals surface area contributed by atoms with Crippen LogP contribution in [0.25, 0.3) is 5.70 Å². The minimum absolute atomic E-state index is 0.0912. The molecule has 1 fully saturated rings. The molecule has 2 unspecified atom stereocenters. The molecule has 44 heavy (non-hydrogen) atoms. The van der Waals surface area contributed by atoms with E-state index in [-0.39, 0.29) is 11.7 Å². The maximum atomic E-state index is 14.0. The predicted octanol–water partition coefficient (Wildman–Crippen LogP) is 6.93. The van der Waals surface area contributed by atoms with Gasteiger partial charge in [0.25, 0.3) is 0 Å². The molecule has 2 aromatic rings. The molecule has 0 aliphatic carbocycles. The van der Waals surface area contributed by atoms with Gasteiger partial charge < -0.3 is 16.4 Å². The van der Waals surface area contributed by atoms with Crippen molar-refractivity contribution >= 4 is 23.8 Å². The van der Waals surface area contributed by atoms with Crippen molar-refractivity contribution < 1.29 is 8.78 Å². The summed E-state index contributed by atoms with van der Waals surface area (Å²) in [6.07, 6.45) is 8.12. The molecule has 0 radical (unpaired) electrons. The minimum Gasteiger partial charge on any atom is -0.398 e. The molecule has 2 atom stereocenters. The molecule has 1 saturated heterocycles. The summed E-state index contributed by atoms with van der Waals surface area (Å²) in [6.45, 7) is 15.1. The van der Waals surface area contributed by atoms with E-state index in [4.69, 9.17) is 10.7 Å². The molecular formula is C35H41F2N7. The van der Waals surface area contributed by atoms with Gasteiger partial charge in [-0.3, -0.25) is 9.98 Å². The van der Waals surface area contributed by atoms with Crippen LogP contribution in [0, 0.1) is 28.9 Å². The lowest BCUT2D eigenvalue weighted by molar-refractivity contribution is 0.504. The Hall–Kier alpha value is -4.68. The van der Waals surface area contributed by atoms with Crippen LogP contribution in [0.3, 0.4) is 0 Å². The third-order valence-electron chi connectivity index (χ3n) is 7.28. The Morgan fingerprint density at radius 1 is 1.18 bits per heavy atom. The fraction of sp³-hybridized carbons (Fsp3) is 0.314. The number of rotatable bonds is 14. The molecule has 0 amide bonds. The third kappa shape index (κ3) is 9.68. The van der Waals surface area contributed by atoms with Crippen LogP contribution >= 0.6 is 0 Å². The lowest BCUT2D eigenvalue weighted by Crippen LogP contribution is -2.25. The number of nitrogens with zero attached hydrogens (tertiary/aromatic N) is 4. The van der Waals surface area contributed by atoms with E-state index < -0.39 is 11.6 Å². The zero-order valence-electron chi connectivity index (χ0n) is 25.7. The Morgan fingerprint density at radius 2 is 1.93 bits per heavy atom. The molecule has 0 bridgehead atoms. The largest absolute Gasteiger partial charge is 0.398 e. The topological polar surface area (TPSA) is 111 Å². The van der Waals surface area contributed by atoms with Crippen molar-refractivity contribution in [2.24, 2.45) is 26.6 Å². The number of hydrogen-bond donors (Lipinski definition) is 3. The molecule has 1 heterocycles. The second kappa shape index (κ2) is 16.8. The molecule has 3 rings (SSSR count). The normalized spacial score (nSPS) is 17.3. The zero-order chi connectivity index (χ0) is 32.1. The van der Waals surface area contributed by atoms with E-state index in [1.165, 1.54) is 18.3 Å². The van der Waals surface area contributed by atoms with E-state index in [2.05, 4.69) is 33.9 Å². The lowest BCUT2D eigenvalue weighted by atomic mass is 9.99. The quantitative estimate of drug-likeness (QED) is 0.162. The van der Waals surface area contributed by atoms with E-state index in [1.807, 2.05) is 63.3 Å². The van der Waals surface area contributed by atoms with Gasteiger partial charge in [0.05, 0.1) is 29.0 Å². The summed E-state index contributed by atoms with van der Waals surface area (Å²) >= 11 is 0. The second-order valence-electron chi connectivity index (χ2n) is 10.6. The first-order valence-corrected chi connectivity index (χ1v) is 14.7. The van der Waals surface area contributed by atoms with Crippen molar-refractivity contribution in [3.8, 4) is 6.07 Å². The maximum Gasteiger partial charge on any atom is 0.159 e. The van der Waals surface area contributed by atoms with Gasteiger partial charge >= 0.3 is 0 Å². The van der Waals surface area contributed by atoms with Gasteiger partial charge in [-0.25, -0.2) is 13.8 Å². The van der Waals surface area contributed by atoms with E-state index in [9.17, 15) is 14.0 Å². The Labute approximate surface area is 259 Å². The molecule has 7 nitrogen and oxygen atoms in total. The molecule has 1 aliphatic heterocycles. The molecule has 0 spiro atoms. The summed E-state index contributed by atoms with van der Waals surface area (Å²) in [5.41, 5.74) is 12.0. The van der Waals surface area contributed by atoms with Crippen LogP contribution in [0.5, 0.6) is 0 Å². The Kier molecular flexibility index (Phi) is 12.9. The fourth-order valence-corrected chi connectivity index (χ4v) is 4.91. The van der Waals surface area contributed by atoms with Crippen molar-refractivity contribution in [2.45, 2.75) is 52.5 Å². The van der Waals surface area contributed by atoms with Gasteiger partial charge in [0, 0.05) is 18.2 Å². The number of nitriles is 1. The van der Waals surface area contributed by atoms with Gasteiger partial charge in [0.15, 0.2) is 17.3 Å². The average molecular weight is 598 g/mol. The van der Waals surface area contributed by atoms with Crippen LogP contribution in [-0.2, 0) is 6.42 Å². The molecule has 230 valence electrons. The second-order valence-corrected chi connectivity index (χ2v) is 10.6. The summed E-state index contributed by atoms with van der Waals surface area (Å²) in [7, 11) is 0. The maximum absolute atomic E-state index is 14.0. The monoisotopic (exact) mass is 597 g/mol. The van der Waals surface area contributed by atoms with Gasteiger partial charge in [-0.1, -0.05) is 56.0 Å². The molecule has 4 N–H and O–H groups in total. The highest BCUT2D eigenvalue weighted by molar-refractivity contribution is 6.02. The highest BCUT2D eigenvalue weighted by atomic mass is 19.2. The van der Waals surface area contributed by atoms with Crippen LogP contribution in [-0.4, -0.2) is 31.2 Å². The highest BCUT2D eigenvalue weighted by Gasteiger charge is 2.19. The number of aliphatic imine (C=N–C) groups is 3. The van der Waals surface area contributed by atoms with Crippen LogP contribution < -0.4 is 16.4 Å². The van der Waals surface area contributed by atoms with Crippen LogP contribution in [0.2, 0.25) is 0 Å². The number of allylic oxidation sites excluding steroid dienone is 5. The number of nitrogens with one attached hydrogen (secondary N) is 2. The van der Waals surface area contributed by atoms with E-state index in [0.717, 1.165) is 54.5 Å².